The van der Waals surface area contributed by atoms with Gasteiger partial charge in [-0.05, 0) is 18.6 Å². The lowest BCUT2D eigenvalue weighted by atomic mass is 9.95. The van der Waals surface area contributed by atoms with Crippen LogP contribution in [0.15, 0.2) is 35.9 Å². The maximum absolute atomic E-state index is 11.8. The van der Waals surface area contributed by atoms with Gasteiger partial charge in [-0.2, -0.15) is 0 Å². The van der Waals surface area contributed by atoms with Crippen LogP contribution in [0.25, 0.3) is 6.08 Å². The lowest BCUT2D eigenvalue weighted by molar-refractivity contribution is -0.133. The molecule has 1 aromatic carbocycles. The van der Waals surface area contributed by atoms with Gasteiger partial charge in [0.1, 0.15) is 0 Å². The Morgan fingerprint density at radius 3 is 2.17 bits per heavy atom. The number of carbonyl (C=O) groups is 2. The average molecular weight is 245 g/mol. The molecule has 0 aliphatic rings. The second-order valence-corrected chi connectivity index (χ2v) is 5.27. The Kier molecular flexibility index (Phi) is 4.43. The summed E-state index contributed by atoms with van der Waals surface area (Å²) >= 11 is 0. The summed E-state index contributed by atoms with van der Waals surface area (Å²) in [7, 11) is 0. The zero-order valence-electron chi connectivity index (χ0n) is 11.3. The third-order valence-electron chi connectivity index (χ3n) is 2.45. The Bertz CT molecular complexity index is 467. The number of imide groups is 1. The molecule has 3 nitrogen and oxygen atoms in total. The smallest absolute Gasteiger partial charge is 0.253 e. The molecule has 0 aliphatic carbocycles. The molecule has 0 saturated heterocycles. The Morgan fingerprint density at radius 2 is 1.67 bits per heavy atom. The fourth-order valence-corrected chi connectivity index (χ4v) is 1.25. The molecule has 0 fully saturated rings. The summed E-state index contributed by atoms with van der Waals surface area (Å²) in [5, 5.41) is 2.39. The van der Waals surface area contributed by atoms with Gasteiger partial charge >= 0.3 is 0 Å². The molecule has 0 bridgehead atoms. The molecule has 1 aromatic rings. The van der Waals surface area contributed by atoms with E-state index in [2.05, 4.69) is 5.32 Å². The first-order chi connectivity index (χ1) is 8.30. The molecule has 0 atom stereocenters. The van der Waals surface area contributed by atoms with Gasteiger partial charge in [0.15, 0.2) is 0 Å². The largest absolute Gasteiger partial charge is 0.292 e. The van der Waals surface area contributed by atoms with E-state index in [4.69, 9.17) is 0 Å². The minimum Gasteiger partial charge on any atom is -0.292 e. The van der Waals surface area contributed by atoms with Gasteiger partial charge in [-0.1, -0.05) is 51.1 Å². The van der Waals surface area contributed by atoms with Gasteiger partial charge in [0, 0.05) is 11.0 Å². The van der Waals surface area contributed by atoms with Crippen LogP contribution in [-0.4, -0.2) is 11.8 Å². The van der Waals surface area contributed by atoms with E-state index in [9.17, 15) is 9.59 Å². The van der Waals surface area contributed by atoms with Crippen LogP contribution in [0.3, 0.4) is 0 Å². The number of benzene rings is 1. The van der Waals surface area contributed by atoms with Crippen molar-refractivity contribution in [1.82, 2.24) is 5.32 Å². The van der Waals surface area contributed by atoms with E-state index in [0.29, 0.717) is 5.57 Å². The fraction of sp³-hybridized carbons (Fsp3) is 0.333. The van der Waals surface area contributed by atoms with E-state index in [1.165, 1.54) is 0 Å². The average Bonchev–Trinajstić information content (AvgIpc) is 2.28. The Hall–Kier alpha value is -1.90. The van der Waals surface area contributed by atoms with Gasteiger partial charge in [-0.25, -0.2) is 0 Å². The molecule has 2 amide bonds. The highest BCUT2D eigenvalue weighted by atomic mass is 16.2. The van der Waals surface area contributed by atoms with E-state index in [1.807, 2.05) is 30.3 Å². The Morgan fingerprint density at radius 1 is 1.11 bits per heavy atom. The Labute approximate surface area is 108 Å². The summed E-state index contributed by atoms with van der Waals surface area (Å²) in [6, 6.07) is 9.52. The predicted molar refractivity (Wildman–Crippen MR) is 72.7 cm³/mol. The standard InChI is InChI=1S/C15H19NO2/c1-11(10-12-8-6-5-7-9-12)13(17)16-14(18)15(2,3)4/h5-10H,1-4H3,(H,16,17,18)/b11-10+. The van der Waals surface area contributed by atoms with E-state index >= 15 is 0 Å². The second-order valence-electron chi connectivity index (χ2n) is 5.27. The molecule has 0 aliphatic heterocycles. The molecule has 0 aromatic heterocycles. The van der Waals surface area contributed by atoms with Crippen LogP contribution in [0.1, 0.15) is 33.3 Å². The molecule has 0 radical (unpaired) electrons. The summed E-state index contributed by atoms with van der Waals surface area (Å²) in [5.41, 5.74) is 0.884. The molecule has 96 valence electrons. The monoisotopic (exact) mass is 245 g/mol. The minimum absolute atomic E-state index is 0.270. The van der Waals surface area contributed by atoms with E-state index < -0.39 is 5.41 Å². The highest BCUT2D eigenvalue weighted by molar-refractivity contribution is 6.07. The van der Waals surface area contributed by atoms with Crippen LogP contribution < -0.4 is 5.32 Å². The van der Waals surface area contributed by atoms with Gasteiger partial charge in [0.25, 0.3) is 5.91 Å². The van der Waals surface area contributed by atoms with Crippen LogP contribution in [0.2, 0.25) is 0 Å². The predicted octanol–water partition coefficient (Wildman–Crippen LogP) is 2.78. The van der Waals surface area contributed by atoms with Crippen LogP contribution in [0.4, 0.5) is 0 Å². The van der Waals surface area contributed by atoms with Crippen molar-refractivity contribution in [2.24, 2.45) is 5.41 Å². The van der Waals surface area contributed by atoms with E-state index in [1.54, 1.807) is 33.8 Å². The molecule has 0 heterocycles. The van der Waals surface area contributed by atoms with Crippen LogP contribution in [0, 0.1) is 5.41 Å². The topological polar surface area (TPSA) is 46.2 Å². The van der Waals surface area contributed by atoms with Crippen molar-refractivity contribution >= 4 is 17.9 Å². The zero-order chi connectivity index (χ0) is 13.8. The minimum atomic E-state index is -0.567. The SMILES string of the molecule is C/C(=C\c1ccccc1)C(=O)NC(=O)C(C)(C)C. The van der Waals surface area contributed by atoms with Gasteiger partial charge < -0.3 is 0 Å². The number of hydrogen-bond donors (Lipinski definition) is 1. The molecule has 1 rings (SSSR count). The number of nitrogens with one attached hydrogen (secondary N) is 1. The highest BCUT2D eigenvalue weighted by Crippen LogP contribution is 2.13. The van der Waals surface area contributed by atoms with Crippen molar-refractivity contribution in [2.75, 3.05) is 0 Å². The summed E-state index contributed by atoms with van der Waals surface area (Å²) in [4.78, 5) is 23.5. The first-order valence-electron chi connectivity index (χ1n) is 5.90. The summed E-state index contributed by atoms with van der Waals surface area (Å²) < 4.78 is 0. The second kappa shape index (κ2) is 5.63. The highest BCUT2D eigenvalue weighted by Gasteiger charge is 2.23. The van der Waals surface area contributed by atoms with Crippen molar-refractivity contribution in [3.05, 3.63) is 41.5 Å². The molecule has 18 heavy (non-hydrogen) atoms. The number of rotatable bonds is 2. The normalized spacial score (nSPS) is 12.1. The summed E-state index contributed by atoms with van der Waals surface area (Å²) in [6.07, 6.45) is 1.76. The Balaban J connectivity index is 2.74. The third-order valence-corrected chi connectivity index (χ3v) is 2.45. The molecule has 0 saturated carbocycles. The maximum atomic E-state index is 11.8. The number of amides is 2. The van der Waals surface area contributed by atoms with Crippen molar-refractivity contribution in [1.29, 1.82) is 0 Å². The molecule has 3 heteroatoms. The van der Waals surface area contributed by atoms with Gasteiger partial charge in [0.05, 0.1) is 0 Å². The summed E-state index contributed by atoms with van der Waals surface area (Å²) in [5.74, 6) is -0.618. The van der Waals surface area contributed by atoms with Gasteiger partial charge in [-0.15, -0.1) is 0 Å². The summed E-state index contributed by atoms with van der Waals surface area (Å²) in [6.45, 7) is 7.00. The van der Waals surface area contributed by atoms with Gasteiger partial charge in [0.2, 0.25) is 5.91 Å². The van der Waals surface area contributed by atoms with Crippen LogP contribution >= 0.6 is 0 Å². The van der Waals surface area contributed by atoms with Gasteiger partial charge in [-0.3, -0.25) is 14.9 Å². The molecule has 1 N–H and O–H groups in total. The number of hydrogen-bond acceptors (Lipinski definition) is 2. The van der Waals surface area contributed by atoms with Crippen molar-refractivity contribution in [2.45, 2.75) is 27.7 Å². The molecule has 0 spiro atoms. The lowest BCUT2D eigenvalue weighted by Crippen LogP contribution is -2.39. The van der Waals surface area contributed by atoms with Crippen LogP contribution in [-0.2, 0) is 9.59 Å². The van der Waals surface area contributed by atoms with Crippen molar-refractivity contribution in [3.63, 3.8) is 0 Å². The van der Waals surface area contributed by atoms with Crippen molar-refractivity contribution in [3.8, 4) is 0 Å². The first kappa shape index (κ1) is 14.2. The quantitative estimate of drug-likeness (QED) is 0.814. The van der Waals surface area contributed by atoms with E-state index in [0.717, 1.165) is 5.56 Å². The maximum Gasteiger partial charge on any atom is 0.253 e. The van der Waals surface area contributed by atoms with E-state index in [-0.39, 0.29) is 11.8 Å². The van der Waals surface area contributed by atoms with Crippen LogP contribution in [0.5, 0.6) is 0 Å². The molecule has 0 unspecified atom stereocenters. The zero-order valence-corrected chi connectivity index (χ0v) is 11.3. The van der Waals surface area contributed by atoms with Crippen molar-refractivity contribution < 1.29 is 9.59 Å². The fourth-order valence-electron chi connectivity index (χ4n) is 1.25. The lowest BCUT2D eigenvalue weighted by Gasteiger charge is -2.16. The third kappa shape index (κ3) is 4.17. The molecular weight excluding hydrogens is 226 g/mol. The first-order valence-corrected chi connectivity index (χ1v) is 5.90. The molecular formula is C15H19NO2. The number of carbonyl (C=O) groups excluding carboxylic acids is 2.